The number of nitrogens with one attached hydrogen (secondary N) is 2. The number of benzene rings is 1. The zero-order valence-corrected chi connectivity index (χ0v) is 15.5. The molecule has 25 heavy (non-hydrogen) atoms. The second kappa shape index (κ2) is 8.21. The standard InChI is InChI=1S/C19H28N2O3S/c22-19(20-15-8-3-1-2-4-9-15)21-16-10-7-13-18(14-16)25(23,24)17-11-5-6-12-17/h7,10,13-15,17H,1-6,8-9,11-12H2,(H2,20,21,22). The van der Waals surface area contributed by atoms with Crippen LogP contribution in [0, 0.1) is 0 Å². The summed E-state index contributed by atoms with van der Waals surface area (Å²) >= 11 is 0. The number of hydrogen-bond donors (Lipinski definition) is 2. The van der Waals surface area contributed by atoms with Gasteiger partial charge in [0.05, 0.1) is 10.1 Å². The molecular weight excluding hydrogens is 336 g/mol. The zero-order chi connectivity index (χ0) is 17.7. The number of anilines is 1. The monoisotopic (exact) mass is 364 g/mol. The third-order valence-corrected chi connectivity index (χ3v) is 7.61. The third kappa shape index (κ3) is 4.75. The van der Waals surface area contributed by atoms with Crippen molar-refractivity contribution in [3.05, 3.63) is 24.3 Å². The lowest BCUT2D eigenvalue weighted by Gasteiger charge is -2.17. The van der Waals surface area contributed by atoms with E-state index >= 15 is 0 Å². The normalized spacial score (nSPS) is 20.2. The van der Waals surface area contributed by atoms with Gasteiger partial charge in [-0.25, -0.2) is 13.2 Å². The molecule has 2 aliphatic carbocycles. The molecule has 2 saturated carbocycles. The smallest absolute Gasteiger partial charge is 0.319 e. The number of amides is 2. The Hall–Kier alpha value is -1.56. The van der Waals surface area contributed by atoms with E-state index in [9.17, 15) is 13.2 Å². The Morgan fingerprint density at radius 1 is 0.920 bits per heavy atom. The molecule has 0 aromatic heterocycles. The maximum Gasteiger partial charge on any atom is 0.319 e. The van der Waals surface area contributed by atoms with Crippen molar-refractivity contribution < 1.29 is 13.2 Å². The number of rotatable bonds is 4. The molecule has 138 valence electrons. The summed E-state index contributed by atoms with van der Waals surface area (Å²) in [4.78, 5) is 12.6. The van der Waals surface area contributed by atoms with E-state index in [2.05, 4.69) is 10.6 Å². The lowest BCUT2D eigenvalue weighted by atomic mass is 10.1. The van der Waals surface area contributed by atoms with Crippen LogP contribution in [-0.2, 0) is 9.84 Å². The minimum Gasteiger partial charge on any atom is -0.335 e. The molecule has 0 unspecified atom stereocenters. The van der Waals surface area contributed by atoms with Crippen molar-refractivity contribution in [2.75, 3.05) is 5.32 Å². The van der Waals surface area contributed by atoms with Crippen LogP contribution in [0.4, 0.5) is 10.5 Å². The number of sulfone groups is 1. The predicted octanol–water partition coefficient (Wildman–Crippen LogP) is 4.25. The van der Waals surface area contributed by atoms with Gasteiger partial charge in [-0.05, 0) is 43.9 Å². The van der Waals surface area contributed by atoms with E-state index < -0.39 is 9.84 Å². The van der Waals surface area contributed by atoms with Crippen LogP contribution in [-0.4, -0.2) is 25.7 Å². The van der Waals surface area contributed by atoms with Crippen molar-refractivity contribution >= 4 is 21.6 Å². The summed E-state index contributed by atoms with van der Waals surface area (Å²) in [5.74, 6) is 0. The van der Waals surface area contributed by atoms with E-state index in [4.69, 9.17) is 0 Å². The van der Waals surface area contributed by atoms with Crippen LogP contribution in [0.5, 0.6) is 0 Å². The van der Waals surface area contributed by atoms with Crippen LogP contribution in [0.1, 0.15) is 64.2 Å². The van der Waals surface area contributed by atoms with Gasteiger partial charge in [0.2, 0.25) is 0 Å². The first kappa shape index (κ1) is 18.2. The van der Waals surface area contributed by atoms with Crippen molar-refractivity contribution in [1.82, 2.24) is 5.32 Å². The SMILES string of the molecule is O=C(Nc1cccc(S(=O)(=O)C2CCCC2)c1)NC1CCCCCC1. The first-order valence-electron chi connectivity index (χ1n) is 9.47. The Balaban J connectivity index is 1.64. The molecule has 6 heteroatoms. The van der Waals surface area contributed by atoms with E-state index in [1.54, 1.807) is 24.3 Å². The predicted molar refractivity (Wildman–Crippen MR) is 99.5 cm³/mol. The molecule has 2 amide bonds. The van der Waals surface area contributed by atoms with Gasteiger partial charge in [0.25, 0.3) is 0 Å². The van der Waals surface area contributed by atoms with Crippen LogP contribution in [0.3, 0.4) is 0 Å². The molecular formula is C19H28N2O3S. The summed E-state index contributed by atoms with van der Waals surface area (Å²) in [6.07, 6.45) is 10.2. The summed E-state index contributed by atoms with van der Waals surface area (Å²) in [6.45, 7) is 0. The summed E-state index contributed by atoms with van der Waals surface area (Å²) in [7, 11) is -3.30. The Morgan fingerprint density at radius 3 is 2.24 bits per heavy atom. The Morgan fingerprint density at radius 2 is 1.56 bits per heavy atom. The highest BCUT2D eigenvalue weighted by Crippen LogP contribution is 2.30. The fraction of sp³-hybridized carbons (Fsp3) is 0.632. The van der Waals surface area contributed by atoms with Crippen LogP contribution >= 0.6 is 0 Å². The van der Waals surface area contributed by atoms with E-state index in [1.807, 2.05) is 0 Å². The van der Waals surface area contributed by atoms with Gasteiger partial charge >= 0.3 is 6.03 Å². The Kier molecular flexibility index (Phi) is 5.99. The molecule has 2 N–H and O–H groups in total. The van der Waals surface area contributed by atoms with Crippen LogP contribution in [0.2, 0.25) is 0 Å². The molecule has 1 aromatic carbocycles. The summed E-state index contributed by atoms with van der Waals surface area (Å²) in [5, 5.41) is 5.54. The molecule has 0 radical (unpaired) electrons. The third-order valence-electron chi connectivity index (χ3n) is 5.35. The van der Waals surface area contributed by atoms with Crippen molar-refractivity contribution in [2.24, 2.45) is 0 Å². The first-order chi connectivity index (χ1) is 12.1. The van der Waals surface area contributed by atoms with Crippen molar-refractivity contribution in [1.29, 1.82) is 0 Å². The summed E-state index contributed by atoms with van der Waals surface area (Å²) in [6, 6.07) is 6.61. The zero-order valence-electron chi connectivity index (χ0n) is 14.7. The second-order valence-corrected chi connectivity index (χ2v) is 9.49. The Labute approximate surface area is 150 Å². The van der Waals surface area contributed by atoms with Gasteiger partial charge in [-0.15, -0.1) is 0 Å². The molecule has 1 aromatic rings. The molecule has 2 fully saturated rings. The number of hydrogen-bond acceptors (Lipinski definition) is 3. The molecule has 0 aliphatic heterocycles. The van der Waals surface area contributed by atoms with E-state index in [0.717, 1.165) is 51.4 Å². The molecule has 2 aliphatic rings. The molecule has 0 heterocycles. The van der Waals surface area contributed by atoms with Crippen molar-refractivity contribution in [3.8, 4) is 0 Å². The number of carbonyl (C=O) groups is 1. The number of urea groups is 1. The maximum absolute atomic E-state index is 12.7. The number of carbonyl (C=O) groups excluding carboxylic acids is 1. The van der Waals surface area contributed by atoms with Crippen molar-refractivity contribution in [2.45, 2.75) is 80.4 Å². The molecule has 0 bridgehead atoms. The Bertz CT molecular complexity index is 688. The van der Waals surface area contributed by atoms with Crippen LogP contribution < -0.4 is 10.6 Å². The van der Waals surface area contributed by atoms with Gasteiger partial charge in [-0.3, -0.25) is 0 Å². The second-order valence-electron chi connectivity index (χ2n) is 7.27. The minimum atomic E-state index is -3.30. The molecule has 3 rings (SSSR count). The summed E-state index contributed by atoms with van der Waals surface area (Å²) < 4.78 is 25.4. The lowest BCUT2D eigenvalue weighted by molar-refractivity contribution is 0.247. The van der Waals surface area contributed by atoms with Crippen LogP contribution in [0.25, 0.3) is 0 Å². The topological polar surface area (TPSA) is 75.3 Å². The van der Waals surface area contributed by atoms with Gasteiger partial charge in [0.15, 0.2) is 9.84 Å². The van der Waals surface area contributed by atoms with Gasteiger partial charge in [0.1, 0.15) is 0 Å². The highest BCUT2D eigenvalue weighted by atomic mass is 32.2. The van der Waals surface area contributed by atoms with Gasteiger partial charge < -0.3 is 10.6 Å². The van der Waals surface area contributed by atoms with Gasteiger partial charge in [-0.2, -0.15) is 0 Å². The lowest BCUT2D eigenvalue weighted by Crippen LogP contribution is -2.37. The maximum atomic E-state index is 12.7. The van der Waals surface area contributed by atoms with Gasteiger partial charge in [0, 0.05) is 11.7 Å². The largest absolute Gasteiger partial charge is 0.335 e. The minimum absolute atomic E-state index is 0.216. The fourth-order valence-electron chi connectivity index (χ4n) is 3.92. The summed E-state index contributed by atoms with van der Waals surface area (Å²) in [5.41, 5.74) is 0.533. The molecule has 0 spiro atoms. The van der Waals surface area contributed by atoms with Crippen molar-refractivity contribution in [3.63, 3.8) is 0 Å². The fourth-order valence-corrected chi connectivity index (χ4v) is 5.82. The average molecular weight is 365 g/mol. The highest BCUT2D eigenvalue weighted by Gasteiger charge is 2.30. The first-order valence-corrected chi connectivity index (χ1v) is 11.0. The highest BCUT2D eigenvalue weighted by molar-refractivity contribution is 7.92. The molecule has 0 saturated heterocycles. The van der Waals surface area contributed by atoms with E-state index in [1.165, 1.54) is 12.8 Å². The van der Waals surface area contributed by atoms with E-state index in [-0.39, 0.29) is 17.3 Å². The average Bonchev–Trinajstić information content (AvgIpc) is 3.02. The quantitative estimate of drug-likeness (QED) is 0.784. The van der Waals surface area contributed by atoms with Crippen LogP contribution in [0.15, 0.2) is 29.2 Å². The molecule has 0 atom stereocenters. The van der Waals surface area contributed by atoms with Gasteiger partial charge in [-0.1, -0.05) is 44.6 Å². The molecule has 5 nitrogen and oxygen atoms in total. The van der Waals surface area contributed by atoms with E-state index in [0.29, 0.717) is 10.6 Å².